The number of rotatable bonds is 8. The highest BCUT2D eigenvalue weighted by molar-refractivity contribution is 14.0. The number of nitrogens with zero attached hydrogens (tertiary/aromatic N) is 3. The molecule has 2 rings (SSSR count). The number of alkyl halides is 3. The first kappa shape index (κ1) is 25.7. The third-order valence-electron chi connectivity index (χ3n) is 4.78. The summed E-state index contributed by atoms with van der Waals surface area (Å²) in [6.07, 6.45) is 2.06. The van der Waals surface area contributed by atoms with Crippen LogP contribution in [0.1, 0.15) is 38.2 Å². The molecule has 1 fully saturated rings. The fourth-order valence-corrected chi connectivity index (χ4v) is 3.34. The number of piperidine rings is 1. The number of likely N-dealkylation sites (tertiary alicyclic amines) is 1. The first-order valence-electron chi connectivity index (χ1n) is 9.74. The molecule has 0 amide bonds. The third kappa shape index (κ3) is 9.83. The van der Waals surface area contributed by atoms with Crippen LogP contribution in [0.5, 0.6) is 5.88 Å². The Morgan fingerprint density at radius 1 is 1.34 bits per heavy atom. The molecule has 0 spiro atoms. The van der Waals surface area contributed by atoms with Gasteiger partial charge in [0.15, 0.2) is 12.6 Å². The highest BCUT2D eigenvalue weighted by atomic mass is 127. The van der Waals surface area contributed by atoms with Crippen molar-refractivity contribution >= 4 is 29.9 Å². The van der Waals surface area contributed by atoms with Gasteiger partial charge in [0, 0.05) is 45.0 Å². The van der Waals surface area contributed by atoms with Gasteiger partial charge in [0.25, 0.3) is 0 Å². The predicted octanol–water partition coefficient (Wildman–Crippen LogP) is 3.57. The topological polar surface area (TPSA) is 61.8 Å². The monoisotopic (exact) mass is 529 g/mol. The summed E-state index contributed by atoms with van der Waals surface area (Å²) in [7, 11) is 1.69. The van der Waals surface area contributed by atoms with Crippen LogP contribution in [-0.2, 0) is 6.54 Å². The molecule has 10 heteroatoms. The predicted molar refractivity (Wildman–Crippen MR) is 119 cm³/mol. The Balaban J connectivity index is 0.00000420. The molecule has 1 aliphatic rings. The van der Waals surface area contributed by atoms with Crippen molar-refractivity contribution in [1.82, 2.24) is 20.5 Å². The van der Waals surface area contributed by atoms with Gasteiger partial charge in [-0.15, -0.1) is 24.0 Å². The van der Waals surface area contributed by atoms with Crippen LogP contribution in [-0.4, -0.2) is 61.4 Å². The molecule has 0 radical (unpaired) electrons. The van der Waals surface area contributed by atoms with Crippen LogP contribution in [0.15, 0.2) is 23.3 Å². The third-order valence-corrected chi connectivity index (χ3v) is 4.78. The quantitative estimate of drug-likeness (QED) is 0.307. The van der Waals surface area contributed by atoms with Gasteiger partial charge in [0.2, 0.25) is 5.88 Å². The van der Waals surface area contributed by atoms with Crippen molar-refractivity contribution in [3.05, 3.63) is 23.9 Å². The van der Waals surface area contributed by atoms with Crippen LogP contribution >= 0.6 is 24.0 Å². The highest BCUT2D eigenvalue weighted by Crippen LogP contribution is 2.19. The fraction of sp³-hybridized carbons (Fsp3) is 0.684. The number of aromatic nitrogens is 1. The number of halogens is 4. The van der Waals surface area contributed by atoms with Gasteiger partial charge in [-0.3, -0.25) is 9.89 Å². The van der Waals surface area contributed by atoms with Gasteiger partial charge in [-0.25, -0.2) is 4.98 Å². The first-order valence-corrected chi connectivity index (χ1v) is 9.74. The second-order valence-corrected chi connectivity index (χ2v) is 6.85. The molecule has 2 N–H and O–H groups in total. The summed E-state index contributed by atoms with van der Waals surface area (Å²) in [5, 5.41) is 6.46. The Labute approximate surface area is 187 Å². The Bertz CT molecular complexity index is 630. The molecule has 2 heterocycles. The van der Waals surface area contributed by atoms with Crippen molar-refractivity contribution in [3.63, 3.8) is 0 Å². The molecule has 0 bridgehead atoms. The van der Waals surface area contributed by atoms with E-state index in [2.05, 4.69) is 37.2 Å². The van der Waals surface area contributed by atoms with E-state index in [1.807, 2.05) is 0 Å². The van der Waals surface area contributed by atoms with Crippen LogP contribution < -0.4 is 15.4 Å². The van der Waals surface area contributed by atoms with Crippen molar-refractivity contribution in [2.75, 3.05) is 33.3 Å². The maximum Gasteiger partial charge on any atom is 0.422 e. The lowest BCUT2D eigenvalue weighted by atomic mass is 10.0. The average Bonchev–Trinajstić information content (AvgIpc) is 2.69. The van der Waals surface area contributed by atoms with Gasteiger partial charge in [0.1, 0.15) is 0 Å². The normalized spacial score (nSPS) is 18.1. The molecule has 1 aromatic rings. The van der Waals surface area contributed by atoms with E-state index >= 15 is 0 Å². The summed E-state index contributed by atoms with van der Waals surface area (Å²) >= 11 is 0. The lowest BCUT2D eigenvalue weighted by molar-refractivity contribution is -0.154. The Kier molecular flexibility index (Phi) is 11.6. The van der Waals surface area contributed by atoms with Gasteiger partial charge in [-0.05, 0) is 37.4 Å². The van der Waals surface area contributed by atoms with Gasteiger partial charge in [0.05, 0.1) is 0 Å². The standard InChI is InChI=1S/C19H30F3N5O.HI/c1-3-16-6-4-5-10-27(16)11-9-25-18(23-2)26-13-15-7-8-24-17(12-15)28-14-19(20,21)22;/h7-8,12,16H,3-6,9-11,13-14H2,1-2H3,(H2,23,25,26);1H. The van der Waals surface area contributed by atoms with Crippen LogP contribution in [0.2, 0.25) is 0 Å². The molecule has 0 aliphatic carbocycles. The first-order chi connectivity index (χ1) is 13.4. The van der Waals surface area contributed by atoms with Crippen LogP contribution in [0.4, 0.5) is 13.2 Å². The van der Waals surface area contributed by atoms with E-state index in [1.165, 1.54) is 37.9 Å². The molecule has 6 nitrogen and oxygen atoms in total. The van der Waals surface area contributed by atoms with E-state index in [9.17, 15) is 13.2 Å². The van der Waals surface area contributed by atoms with Crippen LogP contribution in [0, 0.1) is 0 Å². The summed E-state index contributed by atoms with van der Waals surface area (Å²) in [6, 6.07) is 3.88. The zero-order valence-electron chi connectivity index (χ0n) is 17.0. The molecule has 29 heavy (non-hydrogen) atoms. The maximum absolute atomic E-state index is 12.2. The molecule has 0 saturated carbocycles. The van der Waals surface area contributed by atoms with Crippen molar-refractivity contribution in [2.24, 2.45) is 4.99 Å². The Morgan fingerprint density at radius 3 is 2.83 bits per heavy atom. The molecular weight excluding hydrogens is 498 g/mol. The van der Waals surface area contributed by atoms with Crippen molar-refractivity contribution in [3.8, 4) is 5.88 Å². The number of guanidine groups is 1. The summed E-state index contributed by atoms with van der Waals surface area (Å²) < 4.78 is 41.4. The van der Waals surface area contributed by atoms with E-state index in [4.69, 9.17) is 0 Å². The lowest BCUT2D eigenvalue weighted by Crippen LogP contribution is -2.45. The van der Waals surface area contributed by atoms with Crippen LogP contribution in [0.25, 0.3) is 0 Å². The van der Waals surface area contributed by atoms with E-state index < -0.39 is 12.8 Å². The number of hydrogen-bond acceptors (Lipinski definition) is 4. The SMILES string of the molecule is CCC1CCCCN1CCNC(=NC)NCc1ccnc(OCC(F)(F)F)c1.I. The van der Waals surface area contributed by atoms with Crippen LogP contribution in [0.3, 0.4) is 0 Å². The van der Waals surface area contributed by atoms with Gasteiger partial charge in [-0.2, -0.15) is 13.2 Å². The number of ether oxygens (including phenoxy) is 1. The number of pyridine rings is 1. The summed E-state index contributed by atoms with van der Waals surface area (Å²) in [5.41, 5.74) is 0.761. The lowest BCUT2D eigenvalue weighted by Gasteiger charge is -2.35. The second-order valence-electron chi connectivity index (χ2n) is 6.85. The number of aliphatic imine (C=N–C) groups is 1. The van der Waals surface area contributed by atoms with E-state index in [0.29, 0.717) is 18.5 Å². The molecule has 1 aromatic heterocycles. The summed E-state index contributed by atoms with van der Waals surface area (Å²) in [5.74, 6) is 0.606. The smallest absolute Gasteiger partial charge is 0.422 e. The summed E-state index contributed by atoms with van der Waals surface area (Å²) in [4.78, 5) is 10.5. The van der Waals surface area contributed by atoms with Gasteiger partial charge < -0.3 is 15.4 Å². The largest absolute Gasteiger partial charge is 0.468 e. The summed E-state index contributed by atoms with van der Waals surface area (Å²) in [6.45, 7) is 4.18. The van der Waals surface area contributed by atoms with Crippen molar-refractivity contribution in [2.45, 2.75) is 51.4 Å². The zero-order chi connectivity index (χ0) is 20.4. The minimum absolute atomic E-state index is 0. The molecule has 0 aromatic carbocycles. The fourth-order valence-electron chi connectivity index (χ4n) is 3.34. The average molecular weight is 529 g/mol. The van der Waals surface area contributed by atoms with Crippen molar-refractivity contribution < 1.29 is 17.9 Å². The second kappa shape index (κ2) is 13.1. The van der Waals surface area contributed by atoms with Gasteiger partial charge in [-0.1, -0.05) is 13.3 Å². The molecular formula is C19H31F3IN5O. The molecule has 1 saturated heterocycles. The zero-order valence-corrected chi connectivity index (χ0v) is 19.3. The number of nitrogens with one attached hydrogen (secondary N) is 2. The minimum Gasteiger partial charge on any atom is -0.468 e. The Hall–Kier alpha value is -1.30. The molecule has 166 valence electrons. The van der Waals surface area contributed by atoms with Crippen molar-refractivity contribution in [1.29, 1.82) is 0 Å². The molecule has 1 atom stereocenters. The maximum atomic E-state index is 12.2. The molecule has 1 aliphatic heterocycles. The van der Waals surface area contributed by atoms with E-state index in [0.717, 1.165) is 25.2 Å². The van der Waals surface area contributed by atoms with E-state index in [-0.39, 0.29) is 29.9 Å². The molecule has 1 unspecified atom stereocenters. The number of hydrogen-bond donors (Lipinski definition) is 2. The minimum atomic E-state index is -4.38. The van der Waals surface area contributed by atoms with Gasteiger partial charge >= 0.3 is 6.18 Å². The highest BCUT2D eigenvalue weighted by Gasteiger charge is 2.28. The van der Waals surface area contributed by atoms with E-state index in [1.54, 1.807) is 13.1 Å². The Morgan fingerprint density at radius 2 is 2.14 bits per heavy atom.